The summed E-state index contributed by atoms with van der Waals surface area (Å²) in [5.41, 5.74) is 0.996. The van der Waals surface area contributed by atoms with Crippen molar-refractivity contribution in [3.8, 4) is 17.2 Å². The molecule has 1 fully saturated rings. The van der Waals surface area contributed by atoms with Gasteiger partial charge in [-0.25, -0.2) is 0 Å². The Bertz CT molecular complexity index is 1040. The molecule has 0 saturated carbocycles. The van der Waals surface area contributed by atoms with Gasteiger partial charge in [-0.05, 0) is 54.1 Å². The fourth-order valence-electron chi connectivity index (χ4n) is 3.70. The Kier molecular flexibility index (Phi) is 8.79. The van der Waals surface area contributed by atoms with Crippen LogP contribution in [0.1, 0.15) is 5.56 Å². The number of benzene rings is 3. The smallest absolute Gasteiger partial charge is 0.260 e. The van der Waals surface area contributed by atoms with Gasteiger partial charge in [0, 0.05) is 37.7 Å². The van der Waals surface area contributed by atoms with Crippen LogP contribution in [0.15, 0.2) is 78.9 Å². The molecular weight excluding hydrogens is 452 g/mol. The van der Waals surface area contributed by atoms with Gasteiger partial charge in [-0.15, -0.1) is 0 Å². The molecule has 0 spiro atoms. The lowest BCUT2D eigenvalue weighted by Crippen LogP contribution is -2.44. The van der Waals surface area contributed by atoms with E-state index in [1.165, 1.54) is 0 Å². The maximum Gasteiger partial charge on any atom is 0.260 e. The zero-order chi connectivity index (χ0) is 23.6. The molecular formula is C27H29ClN2O4. The van der Waals surface area contributed by atoms with Crippen molar-refractivity contribution in [2.45, 2.75) is 6.54 Å². The number of amides is 1. The van der Waals surface area contributed by atoms with E-state index >= 15 is 0 Å². The molecule has 3 aromatic carbocycles. The maximum atomic E-state index is 13.1. The van der Waals surface area contributed by atoms with E-state index in [4.69, 9.17) is 25.8 Å². The summed E-state index contributed by atoms with van der Waals surface area (Å²) in [5.74, 6) is 2.06. The molecule has 0 bridgehead atoms. The minimum atomic E-state index is -0.0717. The van der Waals surface area contributed by atoms with Crippen molar-refractivity contribution in [3.63, 3.8) is 0 Å². The highest BCUT2D eigenvalue weighted by Crippen LogP contribution is 2.23. The molecule has 1 aliphatic heterocycles. The van der Waals surface area contributed by atoms with Gasteiger partial charge in [0.2, 0.25) is 0 Å². The second kappa shape index (κ2) is 12.4. The van der Waals surface area contributed by atoms with E-state index < -0.39 is 0 Å². The molecule has 0 aliphatic carbocycles. The van der Waals surface area contributed by atoms with Crippen LogP contribution in [0.5, 0.6) is 17.2 Å². The van der Waals surface area contributed by atoms with Gasteiger partial charge >= 0.3 is 0 Å². The van der Waals surface area contributed by atoms with Crippen LogP contribution in [0.3, 0.4) is 0 Å². The molecule has 0 aromatic heterocycles. The van der Waals surface area contributed by atoms with Gasteiger partial charge < -0.3 is 19.1 Å². The first-order chi connectivity index (χ1) is 16.7. The molecule has 7 heteroatoms. The third kappa shape index (κ3) is 7.48. The Morgan fingerprint density at radius 2 is 1.65 bits per heavy atom. The molecule has 0 N–H and O–H groups in total. The lowest BCUT2D eigenvalue weighted by Gasteiger charge is -2.30. The molecule has 0 atom stereocenters. The fourth-order valence-corrected chi connectivity index (χ4v) is 3.82. The van der Waals surface area contributed by atoms with Crippen LogP contribution in [0, 0.1) is 0 Å². The van der Waals surface area contributed by atoms with Gasteiger partial charge in [0.25, 0.3) is 5.91 Å². The summed E-state index contributed by atoms with van der Waals surface area (Å²) in [6, 6.07) is 24.5. The molecule has 0 unspecified atom stereocenters. The highest BCUT2D eigenvalue weighted by molar-refractivity contribution is 6.30. The molecule has 3 aromatic rings. The van der Waals surface area contributed by atoms with Crippen molar-refractivity contribution < 1.29 is 19.0 Å². The third-order valence-electron chi connectivity index (χ3n) is 5.57. The van der Waals surface area contributed by atoms with Crippen molar-refractivity contribution in [2.75, 3.05) is 46.0 Å². The first-order valence-corrected chi connectivity index (χ1v) is 11.8. The zero-order valence-electron chi connectivity index (χ0n) is 19.1. The summed E-state index contributed by atoms with van der Waals surface area (Å²) in [4.78, 5) is 17.3. The highest BCUT2D eigenvalue weighted by atomic mass is 35.5. The lowest BCUT2D eigenvalue weighted by molar-refractivity contribution is -0.134. The molecule has 34 heavy (non-hydrogen) atoms. The average molecular weight is 481 g/mol. The first-order valence-electron chi connectivity index (χ1n) is 11.4. The van der Waals surface area contributed by atoms with Crippen LogP contribution in [0.25, 0.3) is 0 Å². The Balaban J connectivity index is 1.41. The van der Waals surface area contributed by atoms with E-state index in [0.717, 1.165) is 49.9 Å². The number of carbonyl (C=O) groups excluding carboxylic acids is 1. The van der Waals surface area contributed by atoms with Crippen molar-refractivity contribution >= 4 is 17.5 Å². The number of halogens is 1. The number of hydrogen-bond acceptors (Lipinski definition) is 5. The lowest BCUT2D eigenvalue weighted by atomic mass is 10.2. The summed E-state index contributed by atoms with van der Waals surface area (Å²) in [7, 11) is 0. The third-order valence-corrected chi connectivity index (χ3v) is 5.82. The van der Waals surface area contributed by atoms with E-state index in [0.29, 0.717) is 23.9 Å². The van der Waals surface area contributed by atoms with Gasteiger partial charge in [0.15, 0.2) is 6.61 Å². The number of morpholine rings is 1. The second-order valence-corrected chi connectivity index (χ2v) is 8.51. The summed E-state index contributed by atoms with van der Waals surface area (Å²) < 4.78 is 17.1. The van der Waals surface area contributed by atoms with E-state index in [-0.39, 0.29) is 12.5 Å². The number of carbonyl (C=O) groups is 1. The number of nitrogens with zero attached hydrogens (tertiary/aromatic N) is 2. The average Bonchev–Trinajstić information content (AvgIpc) is 2.87. The van der Waals surface area contributed by atoms with Gasteiger partial charge in [-0.1, -0.05) is 41.9 Å². The van der Waals surface area contributed by atoms with Crippen LogP contribution in [-0.2, 0) is 16.1 Å². The topological polar surface area (TPSA) is 51.2 Å². The minimum absolute atomic E-state index is 0.0368. The van der Waals surface area contributed by atoms with Crippen LogP contribution < -0.4 is 9.47 Å². The van der Waals surface area contributed by atoms with E-state index in [1.807, 2.05) is 59.5 Å². The number of para-hydroxylation sites is 1. The van der Waals surface area contributed by atoms with Crippen LogP contribution in [0.4, 0.5) is 0 Å². The van der Waals surface area contributed by atoms with Gasteiger partial charge in [-0.3, -0.25) is 9.69 Å². The van der Waals surface area contributed by atoms with Crippen LogP contribution in [-0.4, -0.2) is 61.7 Å². The second-order valence-electron chi connectivity index (χ2n) is 8.07. The number of rotatable bonds is 10. The molecule has 4 rings (SSSR count). The minimum Gasteiger partial charge on any atom is -0.484 e. The number of ether oxygens (including phenoxy) is 3. The molecule has 6 nitrogen and oxygen atoms in total. The monoisotopic (exact) mass is 480 g/mol. The van der Waals surface area contributed by atoms with Gasteiger partial charge in [0.1, 0.15) is 17.2 Å². The molecule has 1 heterocycles. The Morgan fingerprint density at radius 3 is 2.41 bits per heavy atom. The molecule has 1 aliphatic rings. The SMILES string of the molecule is O=C(COc1ccc(Cl)cc1)N(CCN1CCOCC1)Cc1cccc(Oc2ccccc2)c1. The van der Waals surface area contributed by atoms with Crippen molar-refractivity contribution in [1.29, 1.82) is 0 Å². The van der Waals surface area contributed by atoms with E-state index in [1.54, 1.807) is 24.3 Å². The Hall–Kier alpha value is -3.06. The van der Waals surface area contributed by atoms with E-state index in [2.05, 4.69) is 4.90 Å². The fraction of sp³-hybridized carbons (Fsp3) is 0.296. The Labute approximate surface area is 205 Å². The summed E-state index contributed by atoms with van der Waals surface area (Å²) in [5, 5.41) is 0.628. The molecule has 1 saturated heterocycles. The summed E-state index contributed by atoms with van der Waals surface area (Å²) >= 11 is 5.94. The standard InChI is InChI=1S/C27H29ClN2O4/c28-23-9-11-24(12-10-23)33-21-27(31)30(14-13-29-15-17-32-18-16-29)20-22-5-4-8-26(19-22)34-25-6-2-1-3-7-25/h1-12,19H,13-18,20-21H2. The van der Waals surface area contributed by atoms with Crippen LogP contribution in [0.2, 0.25) is 5.02 Å². The van der Waals surface area contributed by atoms with Gasteiger partial charge in [0.05, 0.1) is 13.2 Å². The number of hydrogen-bond donors (Lipinski definition) is 0. The summed E-state index contributed by atoms with van der Waals surface area (Å²) in [6.45, 7) is 5.04. The molecule has 1 amide bonds. The van der Waals surface area contributed by atoms with Crippen LogP contribution >= 0.6 is 11.6 Å². The normalized spacial score (nSPS) is 13.9. The van der Waals surface area contributed by atoms with Gasteiger partial charge in [-0.2, -0.15) is 0 Å². The maximum absolute atomic E-state index is 13.1. The van der Waals surface area contributed by atoms with Crippen molar-refractivity contribution in [3.05, 3.63) is 89.4 Å². The quantitative estimate of drug-likeness (QED) is 0.414. The molecule has 178 valence electrons. The van der Waals surface area contributed by atoms with Crippen molar-refractivity contribution in [1.82, 2.24) is 9.80 Å². The van der Waals surface area contributed by atoms with E-state index in [9.17, 15) is 4.79 Å². The van der Waals surface area contributed by atoms with Crippen molar-refractivity contribution in [2.24, 2.45) is 0 Å². The summed E-state index contributed by atoms with van der Waals surface area (Å²) in [6.07, 6.45) is 0. The largest absolute Gasteiger partial charge is 0.484 e. The molecule has 0 radical (unpaired) electrons. The predicted molar refractivity (Wildman–Crippen MR) is 133 cm³/mol. The highest BCUT2D eigenvalue weighted by Gasteiger charge is 2.18. The Morgan fingerprint density at radius 1 is 0.912 bits per heavy atom. The zero-order valence-corrected chi connectivity index (χ0v) is 19.8. The predicted octanol–water partition coefficient (Wildman–Crippen LogP) is 4.87. The first kappa shape index (κ1) is 24.1.